The molecule has 0 aromatic carbocycles. The van der Waals surface area contributed by atoms with E-state index in [2.05, 4.69) is 30.9 Å². The molecule has 4 rings (SSSR count). The quantitative estimate of drug-likeness (QED) is 0.542. The van der Waals surface area contributed by atoms with Crippen LogP contribution in [-0.4, -0.2) is 73.1 Å². The van der Waals surface area contributed by atoms with Crippen LogP contribution in [0.3, 0.4) is 0 Å². The smallest absolute Gasteiger partial charge is 0.388 e. The first kappa shape index (κ1) is 20.9. The second-order valence-electron chi connectivity index (χ2n) is 7.38. The Morgan fingerprint density at radius 3 is 2.67 bits per heavy atom. The summed E-state index contributed by atoms with van der Waals surface area (Å²) in [6, 6.07) is -0.680. The Bertz CT molecular complexity index is 859. The highest BCUT2D eigenvalue weighted by Crippen LogP contribution is 2.31. The molecule has 30 heavy (non-hydrogen) atoms. The fraction of sp³-hybridized carbons (Fsp3) is 0.647. The SMILES string of the molecule is O[C@@H]1[C@H](O)[C@@H](Nc2cncc(C(F)(F)F)n2)CO[C@@H]1c1cn(C2CCNCC2)nn1. The van der Waals surface area contributed by atoms with Crippen LogP contribution in [0.1, 0.15) is 36.4 Å². The summed E-state index contributed by atoms with van der Waals surface area (Å²) in [5.74, 6) is -0.181. The molecule has 10 nitrogen and oxygen atoms in total. The number of piperidine rings is 1. The van der Waals surface area contributed by atoms with E-state index in [1.54, 1.807) is 10.9 Å². The van der Waals surface area contributed by atoms with Crippen molar-refractivity contribution in [2.24, 2.45) is 0 Å². The zero-order chi connectivity index (χ0) is 21.3. The van der Waals surface area contributed by atoms with Crippen molar-refractivity contribution >= 4 is 5.82 Å². The number of aromatic nitrogens is 5. The van der Waals surface area contributed by atoms with Crippen molar-refractivity contribution in [3.63, 3.8) is 0 Å². The maximum atomic E-state index is 12.8. The highest BCUT2D eigenvalue weighted by atomic mass is 19.4. The number of rotatable bonds is 4. The second kappa shape index (κ2) is 8.41. The van der Waals surface area contributed by atoms with Crippen LogP contribution in [0.4, 0.5) is 19.0 Å². The summed E-state index contributed by atoms with van der Waals surface area (Å²) in [7, 11) is 0. The summed E-state index contributed by atoms with van der Waals surface area (Å²) in [6.45, 7) is 1.68. The number of nitrogens with one attached hydrogen (secondary N) is 2. The third kappa shape index (κ3) is 4.38. The van der Waals surface area contributed by atoms with Crippen molar-refractivity contribution in [3.05, 3.63) is 30.0 Å². The number of halogens is 3. The Kier molecular flexibility index (Phi) is 5.86. The fourth-order valence-electron chi connectivity index (χ4n) is 3.64. The van der Waals surface area contributed by atoms with E-state index < -0.39 is 36.2 Å². The Morgan fingerprint density at radius 1 is 1.17 bits per heavy atom. The van der Waals surface area contributed by atoms with E-state index in [9.17, 15) is 23.4 Å². The van der Waals surface area contributed by atoms with Crippen molar-refractivity contribution in [2.45, 2.75) is 49.4 Å². The molecule has 2 fully saturated rings. The van der Waals surface area contributed by atoms with Gasteiger partial charge in [-0.2, -0.15) is 13.2 Å². The fourth-order valence-corrected chi connectivity index (χ4v) is 3.64. The van der Waals surface area contributed by atoms with E-state index in [1.165, 1.54) is 0 Å². The van der Waals surface area contributed by atoms with Crippen molar-refractivity contribution in [2.75, 3.05) is 25.0 Å². The highest BCUT2D eigenvalue weighted by molar-refractivity contribution is 5.34. The Morgan fingerprint density at radius 2 is 1.93 bits per heavy atom. The average Bonchev–Trinajstić information content (AvgIpc) is 3.22. The Labute approximate surface area is 169 Å². The van der Waals surface area contributed by atoms with Gasteiger partial charge in [0, 0.05) is 0 Å². The van der Waals surface area contributed by atoms with Crippen LogP contribution >= 0.6 is 0 Å². The molecule has 0 unspecified atom stereocenters. The van der Waals surface area contributed by atoms with Gasteiger partial charge in [0.1, 0.15) is 29.8 Å². The van der Waals surface area contributed by atoms with Crippen LogP contribution in [0.2, 0.25) is 0 Å². The number of ether oxygens (including phenoxy) is 1. The zero-order valence-corrected chi connectivity index (χ0v) is 15.8. The molecule has 164 valence electrons. The molecule has 0 amide bonds. The third-order valence-electron chi connectivity index (χ3n) is 5.29. The minimum atomic E-state index is -4.64. The second-order valence-corrected chi connectivity index (χ2v) is 7.38. The van der Waals surface area contributed by atoms with E-state index in [-0.39, 0.29) is 18.5 Å². The molecule has 0 aliphatic carbocycles. The molecule has 4 N–H and O–H groups in total. The van der Waals surface area contributed by atoms with Crippen molar-refractivity contribution in [1.29, 1.82) is 0 Å². The lowest BCUT2D eigenvalue weighted by Crippen LogP contribution is -2.52. The lowest BCUT2D eigenvalue weighted by molar-refractivity contribution is -0.144. The number of alkyl halides is 3. The molecule has 4 atom stereocenters. The molecule has 2 aliphatic rings. The number of hydrogen-bond donors (Lipinski definition) is 4. The van der Waals surface area contributed by atoms with Gasteiger partial charge in [-0.15, -0.1) is 5.10 Å². The zero-order valence-electron chi connectivity index (χ0n) is 15.8. The van der Waals surface area contributed by atoms with Gasteiger partial charge in [0.15, 0.2) is 5.69 Å². The predicted molar refractivity (Wildman–Crippen MR) is 96.3 cm³/mol. The van der Waals surface area contributed by atoms with Crippen LogP contribution in [0.15, 0.2) is 18.6 Å². The molecule has 0 spiro atoms. The van der Waals surface area contributed by atoms with Gasteiger partial charge in [-0.05, 0) is 25.9 Å². The summed E-state index contributed by atoms with van der Waals surface area (Å²) >= 11 is 0. The first-order valence-electron chi connectivity index (χ1n) is 9.59. The predicted octanol–water partition coefficient (Wildman–Crippen LogP) is 0.285. The van der Waals surface area contributed by atoms with Crippen LogP contribution < -0.4 is 10.6 Å². The van der Waals surface area contributed by atoms with Gasteiger partial charge < -0.3 is 25.6 Å². The largest absolute Gasteiger partial charge is 0.434 e. The van der Waals surface area contributed by atoms with E-state index in [0.29, 0.717) is 11.9 Å². The number of hydrogen-bond acceptors (Lipinski definition) is 9. The standard InChI is InChI=1S/C17H22F3N7O3/c18-17(19,20)12-5-22-6-13(24-12)23-11-8-30-16(15(29)14(11)28)10-7-27(26-25-10)9-1-3-21-4-2-9/h5-7,9,11,14-16,21,28-29H,1-4,8H2,(H,23,24)/t11-,14+,15+,16+/m0/s1. The van der Waals surface area contributed by atoms with Gasteiger partial charge in [-0.3, -0.25) is 4.98 Å². The molecule has 2 saturated heterocycles. The van der Waals surface area contributed by atoms with E-state index in [1.807, 2.05) is 0 Å². The van der Waals surface area contributed by atoms with Crippen LogP contribution in [0.5, 0.6) is 0 Å². The summed E-state index contributed by atoms with van der Waals surface area (Å²) in [5, 5.41) is 35.1. The number of aliphatic hydroxyl groups excluding tert-OH is 2. The van der Waals surface area contributed by atoms with Crippen LogP contribution in [0, 0.1) is 0 Å². The van der Waals surface area contributed by atoms with Gasteiger partial charge in [0.25, 0.3) is 0 Å². The lowest BCUT2D eigenvalue weighted by Gasteiger charge is -2.37. The summed E-state index contributed by atoms with van der Waals surface area (Å²) < 4.78 is 45.8. The van der Waals surface area contributed by atoms with Gasteiger partial charge in [-0.1, -0.05) is 5.21 Å². The van der Waals surface area contributed by atoms with E-state index in [0.717, 1.165) is 32.1 Å². The van der Waals surface area contributed by atoms with E-state index in [4.69, 9.17) is 4.74 Å². The molecule has 2 aliphatic heterocycles. The molecule has 0 radical (unpaired) electrons. The van der Waals surface area contributed by atoms with Crippen molar-refractivity contribution in [3.8, 4) is 0 Å². The summed E-state index contributed by atoms with van der Waals surface area (Å²) in [6.07, 6.45) is -3.01. The van der Waals surface area contributed by atoms with Gasteiger partial charge in [0.05, 0.1) is 37.3 Å². The molecule has 0 bridgehead atoms. The van der Waals surface area contributed by atoms with Crippen molar-refractivity contribution < 1.29 is 28.1 Å². The minimum absolute atomic E-state index is 0.0823. The monoisotopic (exact) mass is 429 g/mol. The lowest BCUT2D eigenvalue weighted by atomic mass is 9.96. The van der Waals surface area contributed by atoms with Crippen LogP contribution in [0.25, 0.3) is 0 Å². The van der Waals surface area contributed by atoms with Gasteiger partial charge in [-0.25, -0.2) is 9.67 Å². The third-order valence-corrected chi connectivity index (χ3v) is 5.29. The topological polar surface area (TPSA) is 130 Å². The van der Waals surface area contributed by atoms with Gasteiger partial charge in [0.2, 0.25) is 0 Å². The average molecular weight is 429 g/mol. The maximum absolute atomic E-state index is 12.8. The molecule has 2 aromatic heterocycles. The number of nitrogens with zero attached hydrogens (tertiary/aromatic N) is 5. The molecule has 4 heterocycles. The highest BCUT2D eigenvalue weighted by Gasteiger charge is 2.41. The molecular formula is C17H22F3N7O3. The van der Waals surface area contributed by atoms with Gasteiger partial charge >= 0.3 is 6.18 Å². The van der Waals surface area contributed by atoms with E-state index >= 15 is 0 Å². The Hall–Kier alpha value is -2.35. The molecular weight excluding hydrogens is 407 g/mol. The Balaban J connectivity index is 1.42. The molecule has 0 saturated carbocycles. The summed E-state index contributed by atoms with van der Waals surface area (Å²) in [4.78, 5) is 6.97. The molecule has 2 aromatic rings. The summed E-state index contributed by atoms with van der Waals surface area (Å²) in [5.41, 5.74) is -0.774. The number of aliphatic hydroxyl groups is 2. The maximum Gasteiger partial charge on any atom is 0.434 e. The molecule has 13 heteroatoms. The first-order valence-corrected chi connectivity index (χ1v) is 9.59. The first-order chi connectivity index (χ1) is 14.3. The van der Waals surface area contributed by atoms with Crippen LogP contribution in [-0.2, 0) is 10.9 Å². The number of anilines is 1. The van der Waals surface area contributed by atoms with Crippen molar-refractivity contribution in [1.82, 2.24) is 30.3 Å². The minimum Gasteiger partial charge on any atom is -0.388 e. The normalized spacial score (nSPS) is 28.4.